The molecule has 1 aromatic heterocycles. The largest absolute Gasteiger partial charge is 0.478 e. The van der Waals surface area contributed by atoms with E-state index < -0.39 is 5.97 Å². The van der Waals surface area contributed by atoms with Gasteiger partial charge in [-0.15, -0.1) is 5.10 Å². The maximum Gasteiger partial charge on any atom is 0.335 e. The molecule has 102 valence electrons. The molecule has 1 N–H and O–H groups in total. The van der Waals surface area contributed by atoms with Crippen molar-refractivity contribution in [3.8, 4) is 0 Å². The van der Waals surface area contributed by atoms with Crippen LogP contribution in [-0.4, -0.2) is 38.0 Å². The minimum Gasteiger partial charge on any atom is -0.478 e. The number of nitrogens with zero attached hydrogens (tertiary/aromatic N) is 3. The van der Waals surface area contributed by atoms with Gasteiger partial charge in [0.1, 0.15) is 0 Å². The fourth-order valence-corrected chi connectivity index (χ4v) is 2.71. The molecule has 20 heavy (non-hydrogen) atoms. The Bertz CT molecular complexity index is 670. The molecule has 6 nitrogen and oxygen atoms in total. The van der Waals surface area contributed by atoms with Gasteiger partial charge in [-0.2, -0.15) is 0 Å². The third-order valence-electron chi connectivity index (χ3n) is 3.33. The molecule has 0 spiro atoms. The predicted octanol–water partition coefficient (Wildman–Crippen LogP) is 1.43. The van der Waals surface area contributed by atoms with Gasteiger partial charge < -0.3 is 10.0 Å². The second-order valence-electron chi connectivity index (χ2n) is 4.56. The second-order valence-corrected chi connectivity index (χ2v) is 5.17. The number of amides is 1. The Morgan fingerprint density at radius 1 is 1.30 bits per heavy atom. The van der Waals surface area contributed by atoms with Crippen molar-refractivity contribution in [2.75, 3.05) is 6.54 Å². The quantitative estimate of drug-likeness (QED) is 0.904. The van der Waals surface area contributed by atoms with E-state index in [4.69, 9.17) is 5.11 Å². The third kappa shape index (κ3) is 2.27. The van der Waals surface area contributed by atoms with Crippen LogP contribution >= 0.6 is 11.5 Å². The van der Waals surface area contributed by atoms with Crippen molar-refractivity contribution in [2.45, 2.75) is 13.0 Å². The Balaban J connectivity index is 1.85. The van der Waals surface area contributed by atoms with Gasteiger partial charge in [0.05, 0.1) is 5.56 Å². The van der Waals surface area contributed by atoms with Gasteiger partial charge in [-0.3, -0.25) is 4.79 Å². The first-order valence-corrected chi connectivity index (χ1v) is 6.90. The summed E-state index contributed by atoms with van der Waals surface area (Å²) in [6.45, 7) is 1.02. The average molecular weight is 289 g/mol. The van der Waals surface area contributed by atoms with E-state index in [1.165, 1.54) is 0 Å². The molecule has 0 radical (unpaired) electrons. The van der Waals surface area contributed by atoms with E-state index in [0.29, 0.717) is 18.8 Å². The SMILES string of the molecule is O=C(O)c1ccc2c(c1)CN(C(=O)c1csnn1)CC2. The molecule has 0 saturated carbocycles. The van der Waals surface area contributed by atoms with Crippen LogP contribution in [-0.2, 0) is 13.0 Å². The molecule has 7 heteroatoms. The summed E-state index contributed by atoms with van der Waals surface area (Å²) in [5.41, 5.74) is 2.56. The van der Waals surface area contributed by atoms with Gasteiger partial charge in [0.2, 0.25) is 0 Å². The zero-order valence-electron chi connectivity index (χ0n) is 10.4. The number of carboxylic acid groups (broad SMARTS) is 1. The highest BCUT2D eigenvalue weighted by atomic mass is 32.1. The van der Waals surface area contributed by atoms with Crippen molar-refractivity contribution in [1.29, 1.82) is 0 Å². The fourth-order valence-electron chi connectivity index (χ4n) is 2.28. The molecule has 0 unspecified atom stereocenters. The minimum absolute atomic E-state index is 0.162. The fraction of sp³-hybridized carbons (Fsp3) is 0.231. The summed E-state index contributed by atoms with van der Waals surface area (Å²) in [6.07, 6.45) is 0.721. The maximum atomic E-state index is 12.2. The van der Waals surface area contributed by atoms with Crippen LogP contribution in [0.2, 0.25) is 0 Å². The Morgan fingerprint density at radius 3 is 2.85 bits per heavy atom. The van der Waals surface area contributed by atoms with Crippen molar-refractivity contribution < 1.29 is 14.7 Å². The van der Waals surface area contributed by atoms with Crippen molar-refractivity contribution in [2.24, 2.45) is 0 Å². The number of rotatable bonds is 2. The number of hydrogen-bond donors (Lipinski definition) is 1. The lowest BCUT2D eigenvalue weighted by Gasteiger charge is -2.28. The lowest BCUT2D eigenvalue weighted by Crippen LogP contribution is -2.36. The molecule has 0 atom stereocenters. The number of carbonyl (C=O) groups excluding carboxylic acids is 1. The highest BCUT2D eigenvalue weighted by molar-refractivity contribution is 7.03. The number of aromatic carboxylic acids is 1. The zero-order valence-corrected chi connectivity index (χ0v) is 11.3. The molecule has 1 aliphatic rings. The number of fused-ring (bicyclic) bond motifs is 1. The zero-order chi connectivity index (χ0) is 14.1. The van der Waals surface area contributed by atoms with Crippen LogP contribution in [0.15, 0.2) is 23.6 Å². The summed E-state index contributed by atoms with van der Waals surface area (Å²) in [5, 5.41) is 14.4. The van der Waals surface area contributed by atoms with Gasteiger partial charge >= 0.3 is 5.97 Å². The van der Waals surface area contributed by atoms with Crippen LogP contribution in [0.25, 0.3) is 0 Å². The monoisotopic (exact) mass is 289 g/mol. The van der Waals surface area contributed by atoms with Gasteiger partial charge in [0.25, 0.3) is 5.91 Å². The Hall–Kier alpha value is -2.28. The van der Waals surface area contributed by atoms with E-state index >= 15 is 0 Å². The van der Waals surface area contributed by atoms with Crippen molar-refractivity contribution in [1.82, 2.24) is 14.5 Å². The number of hydrogen-bond acceptors (Lipinski definition) is 5. The number of aromatic nitrogens is 2. The highest BCUT2D eigenvalue weighted by Gasteiger charge is 2.23. The number of carboxylic acids is 1. The standard InChI is InChI=1S/C13H11N3O3S/c17-12(11-7-20-15-14-11)16-4-3-8-1-2-9(13(18)19)5-10(8)6-16/h1-2,5,7H,3-4,6H2,(H,18,19). The van der Waals surface area contributed by atoms with Gasteiger partial charge in [-0.25, -0.2) is 4.79 Å². The molecular formula is C13H11N3O3S. The molecule has 0 fully saturated rings. The number of benzene rings is 1. The first-order valence-electron chi connectivity index (χ1n) is 6.06. The van der Waals surface area contributed by atoms with Gasteiger partial charge in [-0.05, 0) is 41.2 Å². The minimum atomic E-state index is -0.958. The summed E-state index contributed by atoms with van der Waals surface area (Å²) < 4.78 is 3.69. The van der Waals surface area contributed by atoms with Crippen LogP contribution in [0.4, 0.5) is 0 Å². The Kier molecular flexibility index (Phi) is 3.19. The highest BCUT2D eigenvalue weighted by Crippen LogP contribution is 2.21. The van der Waals surface area contributed by atoms with Crippen LogP contribution in [0, 0.1) is 0 Å². The molecule has 1 aliphatic heterocycles. The number of carbonyl (C=O) groups is 2. The molecule has 0 saturated heterocycles. The average Bonchev–Trinajstić information content (AvgIpc) is 2.99. The van der Waals surface area contributed by atoms with Crippen molar-refractivity contribution in [3.63, 3.8) is 0 Å². The van der Waals surface area contributed by atoms with Crippen molar-refractivity contribution in [3.05, 3.63) is 46.0 Å². The van der Waals surface area contributed by atoms with E-state index in [-0.39, 0.29) is 11.5 Å². The first-order chi connectivity index (χ1) is 9.65. The van der Waals surface area contributed by atoms with E-state index in [0.717, 1.165) is 29.1 Å². The van der Waals surface area contributed by atoms with Gasteiger partial charge in [0, 0.05) is 18.5 Å². The van der Waals surface area contributed by atoms with E-state index in [2.05, 4.69) is 9.59 Å². The summed E-state index contributed by atoms with van der Waals surface area (Å²) in [5.74, 6) is -1.12. The molecule has 1 aromatic carbocycles. The predicted molar refractivity (Wildman–Crippen MR) is 71.8 cm³/mol. The molecule has 2 aromatic rings. The smallest absolute Gasteiger partial charge is 0.335 e. The maximum absolute atomic E-state index is 12.2. The van der Waals surface area contributed by atoms with E-state index in [9.17, 15) is 9.59 Å². The van der Waals surface area contributed by atoms with E-state index in [1.54, 1.807) is 22.4 Å². The second kappa shape index (κ2) is 5.01. The van der Waals surface area contributed by atoms with Crippen molar-refractivity contribution >= 4 is 23.4 Å². The molecular weight excluding hydrogens is 278 g/mol. The van der Waals surface area contributed by atoms with Crippen LogP contribution in [0.3, 0.4) is 0 Å². The summed E-state index contributed by atoms with van der Waals surface area (Å²) in [7, 11) is 0. The molecule has 2 heterocycles. The topological polar surface area (TPSA) is 83.4 Å². The third-order valence-corrected chi connectivity index (χ3v) is 3.84. The van der Waals surface area contributed by atoms with Gasteiger partial charge in [0.15, 0.2) is 5.69 Å². The Labute approximate surface area is 118 Å². The summed E-state index contributed by atoms with van der Waals surface area (Å²) in [4.78, 5) is 24.9. The van der Waals surface area contributed by atoms with E-state index in [1.807, 2.05) is 6.07 Å². The molecule has 0 aliphatic carbocycles. The lowest BCUT2D eigenvalue weighted by molar-refractivity contribution is 0.0696. The summed E-state index contributed by atoms with van der Waals surface area (Å²) in [6, 6.07) is 5.06. The molecule has 3 rings (SSSR count). The first kappa shape index (κ1) is 12.7. The Morgan fingerprint density at radius 2 is 2.15 bits per heavy atom. The molecule has 1 amide bonds. The normalized spacial score (nSPS) is 13.9. The van der Waals surface area contributed by atoms with Crippen LogP contribution < -0.4 is 0 Å². The molecule has 0 bridgehead atoms. The lowest BCUT2D eigenvalue weighted by atomic mass is 9.97. The van der Waals surface area contributed by atoms with Crippen LogP contribution in [0.1, 0.15) is 32.0 Å². The summed E-state index contributed by atoms with van der Waals surface area (Å²) >= 11 is 1.14. The van der Waals surface area contributed by atoms with Gasteiger partial charge in [-0.1, -0.05) is 10.6 Å². The van der Waals surface area contributed by atoms with Crippen LogP contribution in [0.5, 0.6) is 0 Å².